The lowest BCUT2D eigenvalue weighted by atomic mass is 10.1. The van der Waals surface area contributed by atoms with Crippen LogP contribution in [0.2, 0.25) is 0 Å². The number of rotatable bonds is 6. The van der Waals surface area contributed by atoms with Gasteiger partial charge in [0.05, 0.1) is 6.10 Å². The summed E-state index contributed by atoms with van der Waals surface area (Å²) in [5, 5.41) is 15.7. The van der Waals surface area contributed by atoms with E-state index in [0.717, 1.165) is 17.9 Å². The van der Waals surface area contributed by atoms with Crippen molar-refractivity contribution in [3.8, 4) is 5.75 Å². The number of aliphatic hydroxyl groups is 1. The van der Waals surface area contributed by atoms with Crippen LogP contribution in [0.4, 0.5) is 0 Å². The van der Waals surface area contributed by atoms with Gasteiger partial charge in [-0.3, -0.25) is 4.79 Å². The molecule has 3 N–H and O–H groups in total. The molecule has 1 aromatic rings. The molecule has 5 heteroatoms. The molecule has 0 aliphatic carbocycles. The molecule has 1 aliphatic rings. The normalized spacial score (nSPS) is 22.8. The second-order valence-electron chi connectivity index (χ2n) is 5.51. The first-order valence-corrected chi connectivity index (χ1v) is 7.50. The summed E-state index contributed by atoms with van der Waals surface area (Å²) in [4.78, 5) is 12.2. The highest BCUT2D eigenvalue weighted by molar-refractivity contribution is 5.81. The number of carbonyl (C=O) groups excluding carboxylic acids is 1. The van der Waals surface area contributed by atoms with Gasteiger partial charge in [-0.25, -0.2) is 0 Å². The van der Waals surface area contributed by atoms with Crippen LogP contribution in [0.5, 0.6) is 5.75 Å². The zero-order chi connectivity index (χ0) is 15.2. The molecule has 21 heavy (non-hydrogen) atoms. The number of β-amino-alcohol motifs (C(OH)–C–C–N with tert-alkyl or cyclic N) is 1. The van der Waals surface area contributed by atoms with E-state index in [9.17, 15) is 9.90 Å². The van der Waals surface area contributed by atoms with Gasteiger partial charge in [-0.15, -0.1) is 0 Å². The van der Waals surface area contributed by atoms with Crippen molar-refractivity contribution in [1.82, 2.24) is 10.6 Å². The smallest absolute Gasteiger partial charge is 0.261 e. The van der Waals surface area contributed by atoms with Gasteiger partial charge in [0.15, 0.2) is 6.10 Å². The largest absolute Gasteiger partial charge is 0.480 e. The number of hydrogen-bond donors (Lipinski definition) is 3. The predicted octanol–water partition coefficient (Wildman–Crippen LogP) is 0.849. The summed E-state index contributed by atoms with van der Waals surface area (Å²) in [6.07, 6.45) is -0.286. The third-order valence-corrected chi connectivity index (χ3v) is 3.87. The van der Waals surface area contributed by atoms with Crippen molar-refractivity contribution >= 4 is 5.91 Å². The van der Waals surface area contributed by atoms with E-state index in [-0.39, 0.29) is 17.9 Å². The summed E-state index contributed by atoms with van der Waals surface area (Å²) in [5.41, 5.74) is 1.01. The van der Waals surface area contributed by atoms with E-state index in [2.05, 4.69) is 10.6 Å². The van der Waals surface area contributed by atoms with Crippen LogP contribution in [0, 0.1) is 12.8 Å². The van der Waals surface area contributed by atoms with Crippen LogP contribution in [0.1, 0.15) is 18.9 Å². The van der Waals surface area contributed by atoms with E-state index in [1.807, 2.05) is 38.1 Å². The maximum atomic E-state index is 12.2. The minimum Gasteiger partial charge on any atom is -0.480 e. The van der Waals surface area contributed by atoms with Gasteiger partial charge in [0, 0.05) is 25.6 Å². The minimum atomic E-state index is -0.502. The SMILES string of the molecule is CCC(Oc1ccccc1C)C(=O)NCC1CNCC1O. The van der Waals surface area contributed by atoms with Crippen molar-refractivity contribution < 1.29 is 14.6 Å². The standard InChI is InChI=1S/C16H24N2O3/c1-3-14(21-15-7-5-4-6-11(15)2)16(20)18-9-12-8-17-10-13(12)19/h4-7,12-14,17,19H,3,8-10H2,1-2H3,(H,18,20). The molecular formula is C16H24N2O3. The van der Waals surface area contributed by atoms with E-state index in [0.29, 0.717) is 19.5 Å². The van der Waals surface area contributed by atoms with Crippen LogP contribution in [0.25, 0.3) is 0 Å². The lowest BCUT2D eigenvalue weighted by Crippen LogP contribution is -2.42. The average Bonchev–Trinajstić information content (AvgIpc) is 2.89. The zero-order valence-corrected chi connectivity index (χ0v) is 12.6. The summed E-state index contributed by atoms with van der Waals surface area (Å²) < 4.78 is 5.81. The number of carbonyl (C=O) groups is 1. The molecule has 1 amide bonds. The lowest BCUT2D eigenvalue weighted by Gasteiger charge is -2.20. The van der Waals surface area contributed by atoms with Crippen molar-refractivity contribution in [2.45, 2.75) is 32.5 Å². The van der Waals surface area contributed by atoms with E-state index >= 15 is 0 Å². The Morgan fingerprint density at radius 1 is 1.48 bits per heavy atom. The Labute approximate surface area is 125 Å². The Kier molecular flexibility index (Phi) is 5.59. The molecular weight excluding hydrogens is 268 g/mol. The number of amides is 1. The van der Waals surface area contributed by atoms with Crippen molar-refractivity contribution in [2.24, 2.45) is 5.92 Å². The van der Waals surface area contributed by atoms with Crippen LogP contribution in [-0.4, -0.2) is 42.9 Å². The molecule has 1 heterocycles. The van der Waals surface area contributed by atoms with Gasteiger partial charge in [0.2, 0.25) is 0 Å². The Morgan fingerprint density at radius 3 is 2.86 bits per heavy atom. The number of hydrogen-bond acceptors (Lipinski definition) is 4. The summed E-state index contributed by atoms with van der Waals surface area (Å²) >= 11 is 0. The van der Waals surface area contributed by atoms with Crippen LogP contribution in [0.3, 0.4) is 0 Å². The molecule has 1 saturated heterocycles. The number of aliphatic hydroxyl groups excluding tert-OH is 1. The number of para-hydroxylation sites is 1. The number of aryl methyl sites for hydroxylation is 1. The van der Waals surface area contributed by atoms with Crippen LogP contribution < -0.4 is 15.4 Å². The second-order valence-corrected chi connectivity index (χ2v) is 5.51. The van der Waals surface area contributed by atoms with Crippen molar-refractivity contribution in [2.75, 3.05) is 19.6 Å². The van der Waals surface area contributed by atoms with Crippen molar-refractivity contribution in [3.63, 3.8) is 0 Å². The highest BCUT2D eigenvalue weighted by Crippen LogP contribution is 2.19. The summed E-state index contributed by atoms with van der Waals surface area (Å²) in [6.45, 7) is 5.68. The third-order valence-electron chi connectivity index (χ3n) is 3.87. The molecule has 1 aliphatic heterocycles. The van der Waals surface area contributed by atoms with E-state index in [4.69, 9.17) is 4.74 Å². The maximum Gasteiger partial charge on any atom is 0.261 e. The Hall–Kier alpha value is -1.59. The molecule has 0 bridgehead atoms. The van der Waals surface area contributed by atoms with Crippen molar-refractivity contribution in [1.29, 1.82) is 0 Å². The Bertz CT molecular complexity index is 478. The summed E-state index contributed by atoms with van der Waals surface area (Å²) in [6, 6.07) is 7.67. The molecule has 5 nitrogen and oxygen atoms in total. The fraction of sp³-hybridized carbons (Fsp3) is 0.562. The minimum absolute atomic E-state index is 0.0740. The van der Waals surface area contributed by atoms with Crippen molar-refractivity contribution in [3.05, 3.63) is 29.8 Å². The quantitative estimate of drug-likeness (QED) is 0.727. The third kappa shape index (κ3) is 4.19. The molecule has 0 saturated carbocycles. The lowest BCUT2D eigenvalue weighted by molar-refractivity contribution is -0.128. The molecule has 0 spiro atoms. The first-order valence-electron chi connectivity index (χ1n) is 7.50. The molecule has 1 fully saturated rings. The van der Waals surface area contributed by atoms with Crippen LogP contribution in [0.15, 0.2) is 24.3 Å². The van der Waals surface area contributed by atoms with Gasteiger partial charge in [0.1, 0.15) is 5.75 Å². The molecule has 3 unspecified atom stereocenters. The molecule has 116 valence electrons. The highest BCUT2D eigenvalue weighted by atomic mass is 16.5. The predicted molar refractivity (Wildman–Crippen MR) is 81.3 cm³/mol. The summed E-state index contributed by atoms with van der Waals surface area (Å²) in [7, 11) is 0. The Balaban J connectivity index is 1.88. The van der Waals surface area contributed by atoms with Gasteiger partial charge in [-0.2, -0.15) is 0 Å². The number of nitrogens with one attached hydrogen (secondary N) is 2. The fourth-order valence-electron chi connectivity index (χ4n) is 2.44. The first kappa shape index (κ1) is 15.8. The van der Waals surface area contributed by atoms with Gasteiger partial charge in [-0.05, 0) is 25.0 Å². The zero-order valence-electron chi connectivity index (χ0n) is 12.6. The van der Waals surface area contributed by atoms with Gasteiger partial charge in [-0.1, -0.05) is 25.1 Å². The van der Waals surface area contributed by atoms with E-state index in [1.54, 1.807) is 0 Å². The molecule has 2 rings (SSSR count). The molecule has 3 atom stereocenters. The fourth-order valence-corrected chi connectivity index (χ4v) is 2.44. The Morgan fingerprint density at radius 2 is 2.24 bits per heavy atom. The summed E-state index contributed by atoms with van der Waals surface area (Å²) in [5.74, 6) is 0.687. The average molecular weight is 292 g/mol. The number of ether oxygens (including phenoxy) is 1. The van der Waals surface area contributed by atoms with Gasteiger partial charge < -0.3 is 20.5 Å². The van der Waals surface area contributed by atoms with E-state index < -0.39 is 6.10 Å². The highest BCUT2D eigenvalue weighted by Gasteiger charge is 2.26. The monoisotopic (exact) mass is 292 g/mol. The van der Waals surface area contributed by atoms with Gasteiger partial charge in [0.25, 0.3) is 5.91 Å². The molecule has 0 radical (unpaired) electrons. The second kappa shape index (κ2) is 7.43. The molecule has 1 aromatic carbocycles. The topological polar surface area (TPSA) is 70.6 Å². The first-order chi connectivity index (χ1) is 10.1. The van der Waals surface area contributed by atoms with E-state index in [1.165, 1.54) is 0 Å². The number of benzene rings is 1. The molecule has 0 aromatic heterocycles. The van der Waals surface area contributed by atoms with Crippen LogP contribution >= 0.6 is 0 Å². The van der Waals surface area contributed by atoms with Gasteiger partial charge >= 0.3 is 0 Å². The maximum absolute atomic E-state index is 12.2. The van der Waals surface area contributed by atoms with Crippen LogP contribution in [-0.2, 0) is 4.79 Å².